The minimum Gasteiger partial charge on any atom is -0.479 e. The van der Waals surface area contributed by atoms with Crippen molar-refractivity contribution in [2.45, 2.75) is 147 Å². The Morgan fingerprint density at radius 3 is 1.43 bits per heavy atom. The minimum absolute atomic E-state index is 1.10. The maximum atomic E-state index is 12.5. The number of carboxylic acid groups (broad SMARTS) is 1. The first-order valence-corrected chi connectivity index (χ1v) is 27.4. The van der Waals surface area contributed by atoms with Gasteiger partial charge in [0, 0.05) is 0 Å². The van der Waals surface area contributed by atoms with Gasteiger partial charge in [0.15, 0.2) is 43.7 Å². The quantitative estimate of drug-likeness (QED) is 0.0448. The average molecular weight is 1210 g/mol. The van der Waals surface area contributed by atoms with Gasteiger partial charge in [0.2, 0.25) is 0 Å². The highest BCUT2D eigenvalue weighted by atomic mass is 32.3. The van der Waals surface area contributed by atoms with Crippen LogP contribution in [-0.4, -0.2) is 285 Å². The average Bonchev–Trinajstić information content (AvgIpc) is 3.26. The monoisotopic (exact) mass is 1210 g/mol. The molecule has 0 spiro atoms. The van der Waals surface area contributed by atoms with Gasteiger partial charge in [0.25, 0.3) is 0 Å². The fraction of sp³-hybridized carbons (Fsp3) is 0.966. The summed E-state index contributed by atoms with van der Waals surface area (Å²) in [7, 11) is -27.5. The van der Waals surface area contributed by atoms with Gasteiger partial charge in [-0.15, -0.1) is 0 Å². The van der Waals surface area contributed by atoms with Crippen molar-refractivity contribution in [3.8, 4) is 0 Å². The lowest BCUT2D eigenvalue weighted by atomic mass is 9.95. The summed E-state index contributed by atoms with van der Waals surface area (Å²) < 4.78 is 234. The first-order chi connectivity index (χ1) is 34.3. The van der Waals surface area contributed by atoms with Gasteiger partial charge in [-0.25, -0.2) is 25.7 Å². The van der Waals surface area contributed by atoms with E-state index in [9.17, 15) is 101 Å². The Bertz CT molecular complexity index is 2510. The molecule has 41 nitrogen and oxygen atoms in total. The number of carboxylic acids is 1. The molecule has 75 heavy (non-hydrogen) atoms. The van der Waals surface area contributed by atoms with E-state index in [2.05, 4.69) is 20.9 Å². The van der Waals surface area contributed by atoms with Crippen LogP contribution in [0.1, 0.15) is 0 Å². The van der Waals surface area contributed by atoms with Crippen molar-refractivity contribution < 1.29 is 174 Å². The third-order valence-electron chi connectivity index (χ3n) is 11.2. The van der Waals surface area contributed by atoms with Crippen molar-refractivity contribution in [1.82, 2.24) is 0 Å². The molecule has 5 aliphatic rings. The summed E-state index contributed by atoms with van der Waals surface area (Å²) in [5.74, 6) is -2.09. The molecular formula is C29H51N3O38S5. The van der Waals surface area contributed by atoms with E-state index in [0.717, 1.165) is 0 Å². The molecule has 0 amide bonds. The normalized spacial score (nSPS) is 42.8. The van der Waals surface area contributed by atoms with Crippen molar-refractivity contribution in [3.05, 3.63) is 0 Å². The van der Waals surface area contributed by atoms with E-state index in [1.807, 2.05) is 0 Å². The van der Waals surface area contributed by atoms with Gasteiger partial charge in [-0.1, -0.05) is 0 Å². The molecule has 5 rings (SSSR count). The molecule has 5 fully saturated rings. The highest BCUT2D eigenvalue weighted by molar-refractivity contribution is 7.81. The first-order valence-electron chi connectivity index (χ1n) is 20.5. The first kappa shape index (κ1) is 63.9. The highest BCUT2D eigenvalue weighted by Gasteiger charge is 2.58. The zero-order valence-corrected chi connectivity index (χ0v) is 41.1. The molecule has 0 bridgehead atoms. The summed E-state index contributed by atoms with van der Waals surface area (Å²) in [4.78, 5) is 12.5. The minimum atomic E-state index is -5.83. The van der Waals surface area contributed by atoms with Crippen molar-refractivity contribution in [2.24, 2.45) is 17.2 Å². The second-order valence-corrected chi connectivity index (χ2v) is 21.8. The van der Waals surface area contributed by atoms with Crippen LogP contribution < -0.4 is 17.2 Å². The van der Waals surface area contributed by atoms with Crippen LogP contribution in [0.4, 0.5) is 0 Å². The van der Waals surface area contributed by atoms with Gasteiger partial charge < -0.3 is 101 Å². The molecule has 24 atom stereocenters. The van der Waals surface area contributed by atoms with E-state index >= 15 is 0 Å². The smallest absolute Gasteiger partial charge is 0.397 e. The largest absolute Gasteiger partial charge is 0.479 e. The van der Waals surface area contributed by atoms with Gasteiger partial charge in [-0.2, -0.15) is 42.1 Å². The Morgan fingerprint density at radius 2 is 0.907 bits per heavy atom. The summed E-state index contributed by atoms with van der Waals surface area (Å²) in [6.07, 6.45) is -48.7. The predicted molar refractivity (Wildman–Crippen MR) is 219 cm³/mol. The summed E-state index contributed by atoms with van der Waals surface area (Å²) in [5.41, 5.74) is 17.7. The number of rotatable bonds is 22. The zero-order chi connectivity index (χ0) is 56.7. The molecule has 19 N–H and O–H groups in total. The van der Waals surface area contributed by atoms with Crippen LogP contribution in [-0.2, 0) is 120 Å². The summed E-state index contributed by atoms with van der Waals surface area (Å²) in [5, 5.41) is 85.5. The van der Waals surface area contributed by atoms with Crippen LogP contribution in [0.25, 0.3) is 0 Å². The van der Waals surface area contributed by atoms with E-state index in [-0.39, 0.29) is 0 Å². The van der Waals surface area contributed by atoms with E-state index in [1.54, 1.807) is 0 Å². The molecule has 5 heterocycles. The topological polar surface area (TPSA) is 658 Å². The molecule has 0 radical (unpaired) electrons. The standard InChI is InChI=1S/C29H51N3O38S5/c30-9-15(36)18(7(61-25(9)41)3-59-72(45,46)47)65-29-22(70-75(54,55)56)13(34)5(1-57-29)62-27-11(32)20(69-74(51,52)53)19(8(64-27)4-60-73(48,49)50)66-28-17(38)16(37)21(23(68-28)24(39)40)67-26-10(31)14(35)12(33)6(63-26)2-58-71(42,43)44/h5-23,25-29,33-38,41H,1-4,30-32H2,(H,39,40)(H,42,43,44)(H,45,46,47)(H,48,49,50)(H,51,52,53)(H,54,55,56)/t5-,6-,7-,8-,9-,10-,11-,12-,13+,14-,15-,16-,17-,18-,19-,20-,21+,22-,23+,25+,26-,27+,28-,29+/m1/s1. The van der Waals surface area contributed by atoms with E-state index in [1.165, 1.54) is 0 Å². The molecule has 0 aromatic rings. The van der Waals surface area contributed by atoms with E-state index in [4.69, 9.17) is 68.9 Å². The summed E-state index contributed by atoms with van der Waals surface area (Å²) in [6.45, 7) is -5.14. The second kappa shape index (κ2) is 24.8. The Balaban J connectivity index is 1.41. The molecule has 0 unspecified atom stereocenters. The van der Waals surface area contributed by atoms with Gasteiger partial charge in [0.05, 0.1) is 44.6 Å². The number of hydrogen-bond acceptors (Lipinski definition) is 35. The maximum absolute atomic E-state index is 12.5. The number of aliphatic hydroxyl groups excluding tert-OH is 7. The Kier molecular flexibility index (Phi) is 21.1. The van der Waals surface area contributed by atoms with Crippen LogP contribution in [0.5, 0.6) is 0 Å². The molecular weight excluding hydrogens is 1160 g/mol. The van der Waals surface area contributed by atoms with Crippen molar-refractivity contribution >= 4 is 58.0 Å². The van der Waals surface area contributed by atoms with Crippen molar-refractivity contribution in [2.75, 3.05) is 26.4 Å². The second-order valence-electron chi connectivity index (χ2n) is 16.4. The lowest BCUT2D eigenvalue weighted by Crippen LogP contribution is -2.69. The number of ether oxygens (including phenoxy) is 9. The zero-order valence-electron chi connectivity index (χ0n) is 37.0. The SMILES string of the molecule is N[C@@H]1[C@@H](O)[C@H](O[C@@H]2OC[C@@H](O[C@H]3O[C@H](COS(=O)(=O)O)[C@@H](O[C@@H]4O[C@H](C(=O)O)[C@@H](O[C@H]5O[C@H](COS(=O)(=O)O)[C@@H](O)[C@H](O)[C@H]5N)[C@H](O)[C@H]4O)[C@H](OS(=O)(=O)O)[C@H]3N)[C@H](O)[C@H]2OS(=O)(=O)O)[C@@H](COS(=O)(=O)O)O[C@@H]1O. The lowest BCUT2D eigenvalue weighted by molar-refractivity contribution is -0.367. The number of hydrogen-bond donors (Lipinski definition) is 16. The third kappa shape index (κ3) is 17.3. The maximum Gasteiger partial charge on any atom is 0.397 e. The Labute approximate surface area is 421 Å². The highest BCUT2D eigenvalue weighted by Crippen LogP contribution is 2.36. The van der Waals surface area contributed by atoms with Crippen LogP contribution in [0.3, 0.4) is 0 Å². The van der Waals surface area contributed by atoms with Crippen LogP contribution in [0, 0.1) is 0 Å². The molecule has 5 saturated heterocycles. The van der Waals surface area contributed by atoms with E-state index in [0.29, 0.717) is 0 Å². The summed E-state index contributed by atoms with van der Waals surface area (Å²) >= 11 is 0. The van der Waals surface area contributed by atoms with Crippen molar-refractivity contribution in [3.63, 3.8) is 0 Å². The number of aliphatic carboxylic acids is 1. The Hall–Kier alpha value is -1.94. The summed E-state index contributed by atoms with van der Waals surface area (Å²) in [6, 6.07) is -5.98. The van der Waals surface area contributed by atoms with Crippen molar-refractivity contribution in [1.29, 1.82) is 0 Å². The van der Waals surface area contributed by atoms with Gasteiger partial charge in [-0.3, -0.25) is 22.8 Å². The fourth-order valence-electron chi connectivity index (χ4n) is 7.71. The fourth-order valence-corrected chi connectivity index (χ4v) is 9.63. The van der Waals surface area contributed by atoms with Gasteiger partial charge in [0.1, 0.15) is 85.5 Å². The molecule has 0 aliphatic carbocycles. The molecule has 0 aromatic heterocycles. The molecule has 5 aliphatic heterocycles. The van der Waals surface area contributed by atoms with E-state index < -0.39 is 232 Å². The lowest BCUT2D eigenvalue weighted by Gasteiger charge is -2.49. The molecule has 440 valence electrons. The number of carbonyl (C=O) groups is 1. The third-order valence-corrected chi connectivity index (χ3v) is 13.4. The Morgan fingerprint density at radius 1 is 0.440 bits per heavy atom. The van der Waals surface area contributed by atoms with Crippen LogP contribution >= 0.6 is 0 Å². The van der Waals surface area contributed by atoms with Gasteiger partial charge in [-0.05, 0) is 0 Å². The molecule has 46 heteroatoms. The predicted octanol–water partition coefficient (Wildman–Crippen LogP) is -12.2. The number of nitrogens with two attached hydrogens (primary N) is 3. The number of aliphatic hydroxyl groups is 7. The molecule has 0 aromatic carbocycles. The van der Waals surface area contributed by atoms with Crippen LogP contribution in [0.15, 0.2) is 0 Å². The van der Waals surface area contributed by atoms with Gasteiger partial charge >= 0.3 is 58.0 Å². The molecule has 0 saturated carbocycles. The van der Waals surface area contributed by atoms with Crippen LogP contribution in [0.2, 0.25) is 0 Å².